The molecule has 0 atom stereocenters. The lowest BCUT2D eigenvalue weighted by Gasteiger charge is -2.03. The molecule has 4 aromatic rings. The van der Waals surface area contributed by atoms with E-state index in [-0.39, 0.29) is 0 Å². The standard InChI is InChI=1S/C17H11BrN2O2S/c1-21-11-3-5-14-16(7-11)23-17(20-14)10-2-4-12(13(18)6-10)15-8-19-9-22-15/h2-9H,1H3. The van der Waals surface area contributed by atoms with E-state index < -0.39 is 0 Å². The summed E-state index contributed by atoms with van der Waals surface area (Å²) >= 11 is 5.25. The highest BCUT2D eigenvalue weighted by molar-refractivity contribution is 9.10. The highest BCUT2D eigenvalue weighted by Crippen LogP contribution is 2.36. The van der Waals surface area contributed by atoms with Crippen LogP contribution in [0.25, 0.3) is 32.1 Å². The molecule has 0 radical (unpaired) electrons. The van der Waals surface area contributed by atoms with Crippen molar-refractivity contribution in [3.05, 3.63) is 53.5 Å². The molecule has 2 heterocycles. The monoisotopic (exact) mass is 386 g/mol. The average molecular weight is 387 g/mol. The summed E-state index contributed by atoms with van der Waals surface area (Å²) in [4.78, 5) is 8.65. The van der Waals surface area contributed by atoms with E-state index in [4.69, 9.17) is 14.1 Å². The van der Waals surface area contributed by atoms with Gasteiger partial charge in [0.25, 0.3) is 0 Å². The lowest BCUT2D eigenvalue weighted by molar-refractivity contribution is 0.415. The topological polar surface area (TPSA) is 48.2 Å². The van der Waals surface area contributed by atoms with Crippen LogP contribution >= 0.6 is 27.3 Å². The van der Waals surface area contributed by atoms with Crippen LogP contribution in [0.4, 0.5) is 0 Å². The summed E-state index contributed by atoms with van der Waals surface area (Å²) < 4.78 is 12.7. The summed E-state index contributed by atoms with van der Waals surface area (Å²) in [6, 6.07) is 12.0. The van der Waals surface area contributed by atoms with Gasteiger partial charge >= 0.3 is 0 Å². The van der Waals surface area contributed by atoms with Crippen molar-refractivity contribution < 1.29 is 9.15 Å². The third kappa shape index (κ3) is 2.64. The van der Waals surface area contributed by atoms with Crippen molar-refractivity contribution in [1.29, 1.82) is 0 Å². The van der Waals surface area contributed by atoms with E-state index in [0.717, 1.165) is 42.3 Å². The first-order valence-electron chi connectivity index (χ1n) is 6.88. The SMILES string of the molecule is COc1ccc2nc(-c3ccc(-c4cnco4)c(Br)c3)sc2c1. The first kappa shape index (κ1) is 14.4. The molecule has 23 heavy (non-hydrogen) atoms. The zero-order valence-electron chi connectivity index (χ0n) is 12.1. The first-order valence-corrected chi connectivity index (χ1v) is 8.49. The fourth-order valence-electron chi connectivity index (χ4n) is 2.35. The summed E-state index contributed by atoms with van der Waals surface area (Å²) in [5.41, 5.74) is 3.00. The smallest absolute Gasteiger partial charge is 0.181 e. The first-order chi connectivity index (χ1) is 11.2. The van der Waals surface area contributed by atoms with E-state index in [1.807, 2.05) is 36.4 Å². The Morgan fingerprint density at radius 1 is 1.17 bits per heavy atom. The van der Waals surface area contributed by atoms with Crippen LogP contribution in [0.2, 0.25) is 0 Å². The van der Waals surface area contributed by atoms with Gasteiger partial charge in [0.05, 0.1) is 23.5 Å². The van der Waals surface area contributed by atoms with Crippen molar-refractivity contribution in [2.75, 3.05) is 7.11 Å². The van der Waals surface area contributed by atoms with E-state index in [1.54, 1.807) is 24.6 Å². The molecule has 0 aliphatic rings. The Bertz CT molecular complexity index is 980. The molecule has 4 nitrogen and oxygen atoms in total. The Morgan fingerprint density at radius 2 is 2.09 bits per heavy atom. The average Bonchev–Trinajstić information content (AvgIpc) is 3.23. The van der Waals surface area contributed by atoms with Gasteiger partial charge in [-0.1, -0.05) is 22.0 Å². The Balaban J connectivity index is 1.77. The number of hydrogen-bond donors (Lipinski definition) is 0. The predicted molar refractivity (Wildman–Crippen MR) is 94.8 cm³/mol. The Kier molecular flexibility index (Phi) is 3.63. The van der Waals surface area contributed by atoms with Crippen LogP contribution in [0.3, 0.4) is 0 Å². The summed E-state index contributed by atoms with van der Waals surface area (Å²) in [7, 11) is 1.67. The zero-order valence-corrected chi connectivity index (χ0v) is 14.5. The predicted octanol–water partition coefficient (Wildman–Crippen LogP) is 5.39. The molecule has 0 spiro atoms. The molecule has 0 unspecified atom stereocenters. The van der Waals surface area contributed by atoms with Crippen molar-refractivity contribution in [1.82, 2.24) is 9.97 Å². The van der Waals surface area contributed by atoms with Gasteiger partial charge in [0.2, 0.25) is 0 Å². The summed E-state index contributed by atoms with van der Waals surface area (Å²) in [5.74, 6) is 1.58. The van der Waals surface area contributed by atoms with Gasteiger partial charge in [-0.05, 0) is 30.3 Å². The molecule has 114 valence electrons. The number of halogens is 1. The zero-order chi connectivity index (χ0) is 15.8. The quantitative estimate of drug-likeness (QED) is 0.473. The number of rotatable bonds is 3. The number of ether oxygens (including phenoxy) is 1. The van der Waals surface area contributed by atoms with Gasteiger partial charge < -0.3 is 9.15 Å². The number of oxazole rings is 1. The van der Waals surface area contributed by atoms with E-state index in [0.29, 0.717) is 0 Å². The minimum atomic E-state index is 0.734. The Labute approximate surface area is 144 Å². The molecule has 4 rings (SSSR count). The number of thiazole rings is 1. The van der Waals surface area contributed by atoms with Crippen molar-refractivity contribution in [2.45, 2.75) is 0 Å². The Morgan fingerprint density at radius 3 is 2.83 bits per heavy atom. The van der Waals surface area contributed by atoms with Gasteiger partial charge in [-0.25, -0.2) is 9.97 Å². The number of nitrogens with zero attached hydrogens (tertiary/aromatic N) is 2. The lowest BCUT2D eigenvalue weighted by Crippen LogP contribution is -1.81. The van der Waals surface area contributed by atoms with Gasteiger partial charge in [-0.2, -0.15) is 0 Å². The van der Waals surface area contributed by atoms with Gasteiger partial charge in [-0.15, -0.1) is 11.3 Å². The van der Waals surface area contributed by atoms with Crippen molar-refractivity contribution in [3.63, 3.8) is 0 Å². The molecule has 0 saturated carbocycles. The fraction of sp³-hybridized carbons (Fsp3) is 0.0588. The molecule has 0 aliphatic heterocycles. The van der Waals surface area contributed by atoms with Crippen LogP contribution in [-0.2, 0) is 0 Å². The van der Waals surface area contributed by atoms with Crippen molar-refractivity contribution in [3.8, 4) is 27.6 Å². The molecule has 0 bridgehead atoms. The molecule has 0 aliphatic carbocycles. The van der Waals surface area contributed by atoms with Crippen molar-refractivity contribution >= 4 is 37.5 Å². The molecule has 0 saturated heterocycles. The second-order valence-electron chi connectivity index (χ2n) is 4.91. The van der Waals surface area contributed by atoms with Crippen LogP contribution in [0.15, 0.2) is 57.9 Å². The molecule has 6 heteroatoms. The third-order valence-electron chi connectivity index (χ3n) is 3.51. The van der Waals surface area contributed by atoms with E-state index in [2.05, 4.69) is 20.9 Å². The molecule has 0 N–H and O–H groups in total. The maximum Gasteiger partial charge on any atom is 0.181 e. The highest BCUT2D eigenvalue weighted by Gasteiger charge is 2.11. The van der Waals surface area contributed by atoms with Crippen LogP contribution in [0, 0.1) is 0 Å². The lowest BCUT2D eigenvalue weighted by atomic mass is 10.1. The van der Waals surface area contributed by atoms with E-state index in [9.17, 15) is 0 Å². The van der Waals surface area contributed by atoms with E-state index >= 15 is 0 Å². The third-order valence-corrected chi connectivity index (χ3v) is 5.23. The van der Waals surface area contributed by atoms with Gasteiger partial charge in [0.15, 0.2) is 12.2 Å². The number of fused-ring (bicyclic) bond motifs is 1. The second-order valence-corrected chi connectivity index (χ2v) is 6.80. The minimum absolute atomic E-state index is 0.734. The summed E-state index contributed by atoms with van der Waals surface area (Å²) in [6.07, 6.45) is 3.13. The Hall–Kier alpha value is -2.18. The minimum Gasteiger partial charge on any atom is -0.497 e. The number of hydrogen-bond acceptors (Lipinski definition) is 5. The number of methoxy groups -OCH3 is 1. The van der Waals surface area contributed by atoms with Crippen molar-refractivity contribution in [2.24, 2.45) is 0 Å². The largest absolute Gasteiger partial charge is 0.497 e. The van der Waals surface area contributed by atoms with E-state index in [1.165, 1.54) is 6.39 Å². The van der Waals surface area contributed by atoms with Gasteiger partial charge in [0.1, 0.15) is 10.8 Å². The second kappa shape index (κ2) is 5.79. The van der Waals surface area contributed by atoms with Crippen LogP contribution < -0.4 is 4.74 Å². The highest BCUT2D eigenvalue weighted by atomic mass is 79.9. The maximum absolute atomic E-state index is 5.35. The maximum atomic E-state index is 5.35. The molecule has 0 fully saturated rings. The summed E-state index contributed by atoms with van der Waals surface area (Å²) in [5, 5.41) is 0.970. The normalized spacial score (nSPS) is 11.0. The molecule has 2 aromatic heterocycles. The summed E-state index contributed by atoms with van der Waals surface area (Å²) in [6.45, 7) is 0. The number of aromatic nitrogens is 2. The molecule has 2 aromatic carbocycles. The van der Waals surface area contributed by atoms with Crippen LogP contribution in [-0.4, -0.2) is 17.1 Å². The van der Waals surface area contributed by atoms with Crippen LogP contribution in [0.1, 0.15) is 0 Å². The number of benzene rings is 2. The molecule has 0 amide bonds. The molecular formula is C17H11BrN2O2S. The van der Waals surface area contributed by atoms with Gasteiger partial charge in [-0.3, -0.25) is 0 Å². The van der Waals surface area contributed by atoms with Crippen LogP contribution in [0.5, 0.6) is 5.75 Å². The molecular weight excluding hydrogens is 376 g/mol. The van der Waals surface area contributed by atoms with Gasteiger partial charge in [0, 0.05) is 15.6 Å². The fourth-order valence-corrected chi connectivity index (χ4v) is 3.92.